The van der Waals surface area contributed by atoms with E-state index < -0.39 is 0 Å². The summed E-state index contributed by atoms with van der Waals surface area (Å²) in [5, 5.41) is 0. The molecule has 1 aromatic heterocycles. The molecule has 0 fully saturated rings. The monoisotopic (exact) mass is 219 g/mol. The third kappa shape index (κ3) is 6.49. The molecule has 0 aliphatic rings. The van der Waals surface area contributed by atoms with Gasteiger partial charge >= 0.3 is 0 Å². The molecule has 0 N–H and O–H groups in total. The van der Waals surface area contributed by atoms with Crippen LogP contribution in [0.25, 0.3) is 6.20 Å². The minimum Gasteiger partial charge on any atom is -0.331 e. The van der Waals surface area contributed by atoms with Crippen LogP contribution in [0.3, 0.4) is 0 Å². The minimum atomic E-state index is 1.21. The van der Waals surface area contributed by atoms with E-state index in [2.05, 4.69) is 48.3 Å². The van der Waals surface area contributed by atoms with Gasteiger partial charge in [0.15, 0.2) is 0 Å². The summed E-state index contributed by atoms with van der Waals surface area (Å²) in [7, 11) is 0. The number of hydrogen-bond acceptors (Lipinski definition) is 0. The van der Waals surface area contributed by atoms with E-state index in [0.717, 1.165) is 0 Å². The fraction of sp³-hybridized carbons (Fsp3) is 0.600. The highest BCUT2D eigenvalue weighted by Crippen LogP contribution is 2.08. The lowest BCUT2D eigenvalue weighted by Gasteiger charge is -1.99. The Hall–Kier alpha value is -0.980. The summed E-state index contributed by atoms with van der Waals surface area (Å²) in [5.74, 6) is 0. The van der Waals surface area contributed by atoms with Crippen molar-refractivity contribution in [1.82, 2.24) is 4.57 Å². The van der Waals surface area contributed by atoms with Gasteiger partial charge in [-0.05, 0) is 25.0 Å². The molecule has 0 radical (unpaired) electrons. The number of rotatable bonds is 9. The molecule has 1 aromatic rings. The van der Waals surface area contributed by atoms with Crippen molar-refractivity contribution in [1.29, 1.82) is 0 Å². The Morgan fingerprint density at radius 2 is 1.50 bits per heavy atom. The van der Waals surface area contributed by atoms with Crippen LogP contribution in [-0.2, 0) is 0 Å². The predicted molar refractivity (Wildman–Crippen MR) is 72.4 cm³/mol. The summed E-state index contributed by atoms with van der Waals surface area (Å²) in [5.41, 5.74) is 0. The van der Waals surface area contributed by atoms with Gasteiger partial charge in [0.1, 0.15) is 0 Å². The Labute approximate surface area is 100 Å². The highest BCUT2D eigenvalue weighted by atomic mass is 14.9. The Morgan fingerprint density at radius 3 is 2.19 bits per heavy atom. The molecule has 1 heteroatoms. The lowest BCUT2D eigenvalue weighted by molar-refractivity contribution is 0.592. The quantitative estimate of drug-likeness (QED) is 0.509. The number of nitrogens with zero attached hydrogens (tertiary/aromatic N) is 1. The maximum Gasteiger partial charge on any atom is 0.00823 e. The number of unbranched alkanes of at least 4 members (excludes halogenated alkanes) is 7. The average Bonchev–Trinajstić information content (AvgIpc) is 2.80. The molecule has 0 spiro atoms. The van der Waals surface area contributed by atoms with Crippen molar-refractivity contribution < 1.29 is 0 Å². The summed E-state index contributed by atoms with van der Waals surface area (Å²) in [4.78, 5) is 0. The normalized spacial score (nSPS) is 11.3. The van der Waals surface area contributed by atoms with Gasteiger partial charge in [-0.2, -0.15) is 0 Å². The van der Waals surface area contributed by atoms with E-state index in [1.54, 1.807) is 0 Å². The SMILES string of the molecule is CCCCCCCCCC=Cn1cccc1. The second kappa shape index (κ2) is 9.26. The molecule has 1 heterocycles. The van der Waals surface area contributed by atoms with Gasteiger partial charge in [0, 0.05) is 18.6 Å². The van der Waals surface area contributed by atoms with E-state index >= 15 is 0 Å². The van der Waals surface area contributed by atoms with Crippen molar-refractivity contribution in [2.45, 2.75) is 58.3 Å². The van der Waals surface area contributed by atoms with Gasteiger partial charge in [-0.25, -0.2) is 0 Å². The number of aromatic nitrogens is 1. The van der Waals surface area contributed by atoms with Crippen LogP contribution in [0, 0.1) is 0 Å². The van der Waals surface area contributed by atoms with Crippen LogP contribution in [0.1, 0.15) is 58.3 Å². The number of hydrogen-bond donors (Lipinski definition) is 0. The average molecular weight is 219 g/mol. The first-order valence-electron chi connectivity index (χ1n) is 6.72. The molecule has 0 unspecified atom stereocenters. The first kappa shape index (κ1) is 13.1. The second-order valence-corrected chi connectivity index (χ2v) is 4.43. The third-order valence-corrected chi connectivity index (χ3v) is 2.88. The molecule has 0 aliphatic heterocycles. The summed E-state index contributed by atoms with van der Waals surface area (Å²) >= 11 is 0. The van der Waals surface area contributed by atoms with Crippen molar-refractivity contribution in [3.05, 3.63) is 30.6 Å². The standard InChI is InChI=1S/C15H25N/c1-2-3-4-5-6-7-8-9-10-13-16-14-11-12-15-16/h10-15H,2-9H2,1H3. The zero-order valence-electron chi connectivity index (χ0n) is 10.6. The summed E-state index contributed by atoms with van der Waals surface area (Å²) < 4.78 is 2.10. The Kier molecular flexibility index (Phi) is 7.57. The lowest BCUT2D eigenvalue weighted by atomic mass is 10.1. The highest BCUT2D eigenvalue weighted by molar-refractivity contribution is 5.22. The first-order chi connectivity index (χ1) is 7.93. The predicted octanol–water partition coefficient (Wildman–Crippen LogP) is 5.10. The molecule has 0 atom stereocenters. The van der Waals surface area contributed by atoms with Gasteiger partial charge in [0.2, 0.25) is 0 Å². The molecule has 0 saturated heterocycles. The largest absolute Gasteiger partial charge is 0.331 e. The van der Waals surface area contributed by atoms with Crippen molar-refractivity contribution in [3.8, 4) is 0 Å². The van der Waals surface area contributed by atoms with Crippen LogP contribution >= 0.6 is 0 Å². The Balaban J connectivity index is 1.88. The minimum absolute atomic E-state index is 1.21. The van der Waals surface area contributed by atoms with E-state index in [9.17, 15) is 0 Å². The van der Waals surface area contributed by atoms with Crippen molar-refractivity contribution in [2.24, 2.45) is 0 Å². The van der Waals surface area contributed by atoms with Crippen LogP contribution < -0.4 is 0 Å². The molecule has 16 heavy (non-hydrogen) atoms. The van der Waals surface area contributed by atoms with Crippen LogP contribution in [0.4, 0.5) is 0 Å². The summed E-state index contributed by atoms with van der Waals surface area (Å²) in [6.07, 6.45) is 19.5. The van der Waals surface area contributed by atoms with Gasteiger partial charge in [-0.3, -0.25) is 0 Å². The molecule has 0 saturated carbocycles. The Bertz CT molecular complexity index is 259. The molecule has 0 bridgehead atoms. The molecule has 0 aromatic carbocycles. The van der Waals surface area contributed by atoms with Crippen molar-refractivity contribution in [3.63, 3.8) is 0 Å². The summed E-state index contributed by atoms with van der Waals surface area (Å²) in [6.45, 7) is 2.27. The Morgan fingerprint density at radius 1 is 0.875 bits per heavy atom. The van der Waals surface area contributed by atoms with E-state index in [1.807, 2.05) is 0 Å². The molecule has 1 rings (SSSR count). The third-order valence-electron chi connectivity index (χ3n) is 2.88. The molecule has 0 aliphatic carbocycles. The maximum absolute atomic E-state index is 2.27. The van der Waals surface area contributed by atoms with Crippen LogP contribution in [0.2, 0.25) is 0 Å². The van der Waals surface area contributed by atoms with E-state index in [1.165, 1.54) is 51.4 Å². The highest BCUT2D eigenvalue weighted by Gasteiger charge is 1.89. The van der Waals surface area contributed by atoms with E-state index in [-0.39, 0.29) is 0 Å². The molecule has 0 amide bonds. The van der Waals surface area contributed by atoms with E-state index in [4.69, 9.17) is 0 Å². The first-order valence-corrected chi connectivity index (χ1v) is 6.72. The van der Waals surface area contributed by atoms with Crippen molar-refractivity contribution in [2.75, 3.05) is 0 Å². The second-order valence-electron chi connectivity index (χ2n) is 4.43. The van der Waals surface area contributed by atoms with Crippen molar-refractivity contribution >= 4 is 6.20 Å². The maximum atomic E-state index is 2.27. The smallest absolute Gasteiger partial charge is 0.00823 e. The van der Waals surface area contributed by atoms with Gasteiger partial charge in [0.05, 0.1) is 0 Å². The fourth-order valence-electron chi connectivity index (χ4n) is 1.86. The van der Waals surface area contributed by atoms with Crippen LogP contribution in [0.15, 0.2) is 30.6 Å². The fourth-order valence-corrected chi connectivity index (χ4v) is 1.86. The molecular formula is C15H25N. The molecular weight excluding hydrogens is 194 g/mol. The van der Waals surface area contributed by atoms with Gasteiger partial charge in [0.25, 0.3) is 0 Å². The topological polar surface area (TPSA) is 4.93 Å². The van der Waals surface area contributed by atoms with Gasteiger partial charge < -0.3 is 4.57 Å². The van der Waals surface area contributed by atoms with Crippen LogP contribution in [-0.4, -0.2) is 4.57 Å². The van der Waals surface area contributed by atoms with Gasteiger partial charge in [-0.15, -0.1) is 0 Å². The lowest BCUT2D eigenvalue weighted by Crippen LogP contribution is -1.80. The van der Waals surface area contributed by atoms with Gasteiger partial charge in [-0.1, -0.05) is 51.5 Å². The molecule has 90 valence electrons. The zero-order valence-corrected chi connectivity index (χ0v) is 10.6. The zero-order chi connectivity index (χ0) is 11.5. The summed E-state index contributed by atoms with van der Waals surface area (Å²) in [6, 6.07) is 4.11. The number of allylic oxidation sites excluding steroid dienone is 1. The van der Waals surface area contributed by atoms with Crippen LogP contribution in [0.5, 0.6) is 0 Å². The molecule has 1 nitrogen and oxygen atoms in total. The van der Waals surface area contributed by atoms with E-state index in [0.29, 0.717) is 0 Å².